The summed E-state index contributed by atoms with van der Waals surface area (Å²) in [6, 6.07) is 13.8. The van der Waals surface area contributed by atoms with Gasteiger partial charge in [-0.15, -0.1) is 0 Å². The number of carboxylic acids is 1. The molecule has 2 atom stereocenters. The molecule has 3 rings (SSSR count). The lowest BCUT2D eigenvalue weighted by Crippen LogP contribution is -2.39. The molecule has 132 valence electrons. The zero-order chi connectivity index (χ0) is 18.0. The molecule has 0 saturated carbocycles. The van der Waals surface area contributed by atoms with Crippen molar-refractivity contribution in [1.82, 2.24) is 4.90 Å². The predicted molar refractivity (Wildman–Crippen MR) is 98.1 cm³/mol. The van der Waals surface area contributed by atoms with Gasteiger partial charge in [-0.25, -0.2) is 0 Å². The van der Waals surface area contributed by atoms with Crippen LogP contribution in [0.5, 0.6) is 5.75 Å². The molecule has 2 aromatic carbocycles. The number of carboxylic acid groups (broad SMARTS) is 1. The third-order valence-electron chi connectivity index (χ3n) is 4.90. The highest BCUT2D eigenvalue weighted by molar-refractivity contribution is 5.74. The first-order chi connectivity index (χ1) is 12.0. The Morgan fingerprint density at radius 2 is 1.88 bits per heavy atom. The molecule has 0 bridgehead atoms. The highest BCUT2D eigenvalue weighted by atomic mass is 16.5. The second kappa shape index (κ2) is 7.28. The molecule has 1 fully saturated rings. The van der Waals surface area contributed by atoms with Crippen molar-refractivity contribution in [1.29, 1.82) is 0 Å². The predicted octanol–water partition coefficient (Wildman–Crippen LogP) is 3.95. The highest BCUT2D eigenvalue weighted by Gasteiger charge is 2.37. The van der Waals surface area contributed by atoms with Crippen LogP contribution in [0.15, 0.2) is 42.5 Å². The van der Waals surface area contributed by atoms with E-state index in [1.165, 1.54) is 11.1 Å². The molecule has 4 heteroatoms. The van der Waals surface area contributed by atoms with Gasteiger partial charge >= 0.3 is 5.97 Å². The maximum absolute atomic E-state index is 11.8. The van der Waals surface area contributed by atoms with Crippen molar-refractivity contribution >= 4 is 5.97 Å². The second-order valence-electron chi connectivity index (χ2n) is 6.80. The van der Waals surface area contributed by atoms with E-state index in [0.29, 0.717) is 6.42 Å². The van der Waals surface area contributed by atoms with Gasteiger partial charge in [-0.1, -0.05) is 47.5 Å². The number of nitrogens with zero attached hydrogens (tertiary/aromatic N) is 1. The third kappa shape index (κ3) is 3.54. The van der Waals surface area contributed by atoms with E-state index >= 15 is 0 Å². The number of aliphatic carboxylic acids is 1. The normalized spacial score (nSPS) is 18.9. The van der Waals surface area contributed by atoms with Crippen LogP contribution in [-0.2, 0) is 4.79 Å². The van der Waals surface area contributed by atoms with Crippen molar-refractivity contribution in [3.8, 4) is 5.75 Å². The van der Waals surface area contributed by atoms with E-state index in [1.807, 2.05) is 24.3 Å². The topological polar surface area (TPSA) is 49.8 Å². The lowest BCUT2D eigenvalue weighted by atomic mass is 9.93. The summed E-state index contributed by atoms with van der Waals surface area (Å²) in [5, 5.41) is 9.69. The minimum Gasteiger partial charge on any atom is -0.496 e. The number of benzene rings is 2. The van der Waals surface area contributed by atoms with Crippen LogP contribution in [0, 0.1) is 13.8 Å². The molecular weight excluding hydrogens is 314 g/mol. The van der Waals surface area contributed by atoms with Gasteiger partial charge in [0, 0.05) is 12.1 Å². The van der Waals surface area contributed by atoms with Crippen molar-refractivity contribution in [2.45, 2.75) is 38.8 Å². The van der Waals surface area contributed by atoms with Gasteiger partial charge in [-0.2, -0.15) is 0 Å². The standard InChI is InChI=1S/C21H25NO3/c1-14-11-15(2)13-16(12-14)20(17-7-4-5-9-19(17)25-3)22-10-6-8-18(22)21(23)24/h4-5,7,9,11-13,18,20H,6,8,10H2,1-3H3,(H,23,24). The van der Waals surface area contributed by atoms with Gasteiger partial charge in [0.15, 0.2) is 0 Å². The van der Waals surface area contributed by atoms with Crippen LogP contribution in [0.25, 0.3) is 0 Å². The van der Waals surface area contributed by atoms with E-state index in [-0.39, 0.29) is 6.04 Å². The van der Waals surface area contributed by atoms with Gasteiger partial charge in [-0.3, -0.25) is 9.69 Å². The van der Waals surface area contributed by atoms with E-state index in [4.69, 9.17) is 4.74 Å². The van der Waals surface area contributed by atoms with Crippen LogP contribution in [0.1, 0.15) is 41.1 Å². The number of rotatable bonds is 5. The first kappa shape index (κ1) is 17.5. The molecule has 0 radical (unpaired) electrons. The minimum atomic E-state index is -0.748. The van der Waals surface area contributed by atoms with Gasteiger partial charge in [0.25, 0.3) is 0 Å². The SMILES string of the molecule is COc1ccccc1C(c1cc(C)cc(C)c1)N1CCCC1C(=O)O. The van der Waals surface area contributed by atoms with E-state index in [2.05, 4.69) is 36.9 Å². The zero-order valence-corrected chi connectivity index (χ0v) is 15.0. The molecule has 0 spiro atoms. The van der Waals surface area contributed by atoms with Crippen LogP contribution in [-0.4, -0.2) is 35.7 Å². The number of hydrogen-bond donors (Lipinski definition) is 1. The monoisotopic (exact) mass is 339 g/mol. The summed E-state index contributed by atoms with van der Waals surface area (Å²) in [4.78, 5) is 13.9. The molecule has 2 unspecified atom stereocenters. The smallest absolute Gasteiger partial charge is 0.320 e. The molecule has 2 aromatic rings. The van der Waals surface area contributed by atoms with Crippen molar-refractivity contribution in [3.05, 3.63) is 64.7 Å². The number of carbonyl (C=O) groups is 1. The molecule has 25 heavy (non-hydrogen) atoms. The Labute approximate surface area is 149 Å². The van der Waals surface area contributed by atoms with Gasteiger partial charge in [0.2, 0.25) is 0 Å². The second-order valence-corrected chi connectivity index (χ2v) is 6.80. The quantitative estimate of drug-likeness (QED) is 0.896. The summed E-state index contributed by atoms with van der Waals surface area (Å²) in [5.74, 6) is 0.0458. The summed E-state index contributed by atoms with van der Waals surface area (Å²) in [7, 11) is 1.66. The Bertz CT molecular complexity index is 751. The molecule has 1 saturated heterocycles. The summed E-state index contributed by atoms with van der Waals surface area (Å²) >= 11 is 0. The molecule has 1 aliphatic rings. The summed E-state index contributed by atoms with van der Waals surface area (Å²) in [6.07, 6.45) is 1.58. The Balaban J connectivity index is 2.16. The lowest BCUT2D eigenvalue weighted by molar-refractivity contribution is -0.142. The van der Waals surface area contributed by atoms with Crippen LogP contribution in [0.3, 0.4) is 0 Å². The lowest BCUT2D eigenvalue weighted by Gasteiger charge is -2.33. The highest BCUT2D eigenvalue weighted by Crippen LogP contribution is 2.39. The number of ether oxygens (including phenoxy) is 1. The third-order valence-corrected chi connectivity index (χ3v) is 4.90. The van der Waals surface area contributed by atoms with Crippen molar-refractivity contribution in [2.24, 2.45) is 0 Å². The summed E-state index contributed by atoms with van der Waals surface area (Å²) in [5.41, 5.74) is 4.50. The van der Waals surface area contributed by atoms with Crippen molar-refractivity contribution < 1.29 is 14.6 Å². The molecule has 1 heterocycles. The number of aryl methyl sites for hydroxylation is 2. The summed E-state index contributed by atoms with van der Waals surface area (Å²) in [6.45, 7) is 4.93. The van der Waals surface area contributed by atoms with Gasteiger partial charge < -0.3 is 9.84 Å². The largest absolute Gasteiger partial charge is 0.496 e. The molecule has 0 amide bonds. The van der Waals surface area contributed by atoms with Crippen molar-refractivity contribution in [3.63, 3.8) is 0 Å². The van der Waals surface area contributed by atoms with Crippen LogP contribution < -0.4 is 4.74 Å². The number of likely N-dealkylation sites (tertiary alicyclic amines) is 1. The Morgan fingerprint density at radius 3 is 2.52 bits per heavy atom. The average Bonchev–Trinajstić information content (AvgIpc) is 3.04. The summed E-state index contributed by atoms with van der Waals surface area (Å²) < 4.78 is 5.59. The maximum Gasteiger partial charge on any atom is 0.320 e. The maximum atomic E-state index is 11.8. The molecular formula is C21H25NO3. The van der Waals surface area contributed by atoms with Gasteiger partial charge in [-0.05, 0) is 38.3 Å². The fourth-order valence-corrected chi connectivity index (χ4v) is 3.97. The zero-order valence-electron chi connectivity index (χ0n) is 15.0. The molecule has 0 aromatic heterocycles. The number of methoxy groups -OCH3 is 1. The Kier molecular flexibility index (Phi) is 5.09. The fourth-order valence-electron chi connectivity index (χ4n) is 3.97. The van der Waals surface area contributed by atoms with Gasteiger partial charge in [0.1, 0.15) is 11.8 Å². The van der Waals surface area contributed by atoms with E-state index in [9.17, 15) is 9.90 Å². The Hall–Kier alpha value is -2.33. The first-order valence-corrected chi connectivity index (χ1v) is 8.71. The van der Waals surface area contributed by atoms with Gasteiger partial charge in [0.05, 0.1) is 13.2 Å². The van der Waals surface area contributed by atoms with E-state index in [1.54, 1.807) is 7.11 Å². The first-order valence-electron chi connectivity index (χ1n) is 8.71. The van der Waals surface area contributed by atoms with E-state index < -0.39 is 12.0 Å². The molecule has 0 aliphatic carbocycles. The number of hydrogen-bond acceptors (Lipinski definition) is 3. The number of para-hydroxylation sites is 1. The molecule has 1 aliphatic heterocycles. The Morgan fingerprint density at radius 1 is 1.20 bits per heavy atom. The van der Waals surface area contributed by atoms with Crippen LogP contribution in [0.4, 0.5) is 0 Å². The van der Waals surface area contributed by atoms with E-state index in [0.717, 1.165) is 29.8 Å². The fraction of sp³-hybridized carbons (Fsp3) is 0.381. The molecule has 1 N–H and O–H groups in total. The van der Waals surface area contributed by atoms with Crippen molar-refractivity contribution in [2.75, 3.05) is 13.7 Å². The van der Waals surface area contributed by atoms with Crippen LogP contribution >= 0.6 is 0 Å². The average molecular weight is 339 g/mol. The van der Waals surface area contributed by atoms with Crippen LogP contribution in [0.2, 0.25) is 0 Å². The molecule has 4 nitrogen and oxygen atoms in total. The minimum absolute atomic E-state index is 0.127.